The standard InChI is InChI=1S/C20H15ClN4O2/c1-12-18-19(25(24-12)15-5-3-2-4-6-15)23-16(11-17(22-18)20(26)27)13-7-9-14(21)10-8-13/h2-10H,11H2,1H3,(H,26,27). The van der Waals surface area contributed by atoms with Crippen LogP contribution in [0, 0.1) is 6.92 Å². The monoisotopic (exact) mass is 378 g/mol. The van der Waals surface area contributed by atoms with E-state index in [2.05, 4.69) is 10.1 Å². The van der Waals surface area contributed by atoms with Crippen LogP contribution in [0.4, 0.5) is 11.5 Å². The first kappa shape index (κ1) is 17.2. The molecule has 0 radical (unpaired) electrons. The van der Waals surface area contributed by atoms with Gasteiger partial charge in [0.25, 0.3) is 0 Å². The fourth-order valence-electron chi connectivity index (χ4n) is 2.92. The van der Waals surface area contributed by atoms with Gasteiger partial charge in [-0.15, -0.1) is 0 Å². The molecule has 6 nitrogen and oxygen atoms in total. The number of aliphatic imine (C=N–C) groups is 2. The number of hydrogen-bond donors (Lipinski definition) is 1. The van der Waals surface area contributed by atoms with Crippen LogP contribution in [0.15, 0.2) is 64.6 Å². The molecule has 2 heterocycles. The Labute approximate surface area is 160 Å². The summed E-state index contributed by atoms with van der Waals surface area (Å²) in [5.41, 5.74) is 3.34. The normalized spacial score (nSPS) is 13.4. The number of nitrogens with zero attached hydrogens (tertiary/aromatic N) is 4. The van der Waals surface area contributed by atoms with Gasteiger partial charge in [0.05, 0.1) is 17.1 Å². The van der Waals surface area contributed by atoms with Crippen molar-refractivity contribution in [2.75, 3.05) is 0 Å². The van der Waals surface area contributed by atoms with Gasteiger partial charge in [0.2, 0.25) is 0 Å². The lowest BCUT2D eigenvalue weighted by Gasteiger charge is -2.07. The van der Waals surface area contributed by atoms with Gasteiger partial charge in [0.15, 0.2) is 5.82 Å². The maximum absolute atomic E-state index is 11.7. The van der Waals surface area contributed by atoms with Crippen molar-refractivity contribution >= 4 is 40.5 Å². The maximum Gasteiger partial charge on any atom is 0.350 e. The number of halogens is 1. The Morgan fingerprint density at radius 3 is 2.44 bits per heavy atom. The average molecular weight is 379 g/mol. The quantitative estimate of drug-likeness (QED) is 0.727. The molecule has 4 rings (SSSR count). The zero-order chi connectivity index (χ0) is 19.0. The Hall–Kier alpha value is -3.25. The summed E-state index contributed by atoms with van der Waals surface area (Å²) < 4.78 is 1.69. The van der Waals surface area contributed by atoms with Crippen molar-refractivity contribution in [3.8, 4) is 5.69 Å². The Morgan fingerprint density at radius 2 is 1.78 bits per heavy atom. The number of aliphatic carboxylic acids is 1. The highest BCUT2D eigenvalue weighted by Crippen LogP contribution is 2.37. The van der Waals surface area contributed by atoms with Crippen LogP contribution in [0.2, 0.25) is 5.02 Å². The fraction of sp³-hybridized carbons (Fsp3) is 0.100. The average Bonchev–Trinajstić information content (AvgIpc) is 2.85. The number of benzene rings is 2. The van der Waals surface area contributed by atoms with Crippen LogP contribution < -0.4 is 0 Å². The Morgan fingerprint density at radius 1 is 1.07 bits per heavy atom. The Balaban J connectivity index is 1.95. The lowest BCUT2D eigenvalue weighted by atomic mass is 10.0. The van der Waals surface area contributed by atoms with Crippen LogP contribution in [0.1, 0.15) is 17.7 Å². The van der Waals surface area contributed by atoms with Crippen molar-refractivity contribution in [1.82, 2.24) is 9.78 Å². The van der Waals surface area contributed by atoms with E-state index in [0.29, 0.717) is 27.9 Å². The van der Waals surface area contributed by atoms with Crippen LogP contribution in [0.25, 0.3) is 5.69 Å². The summed E-state index contributed by atoms with van der Waals surface area (Å²) in [6.07, 6.45) is 0.111. The molecule has 0 saturated carbocycles. The van der Waals surface area contributed by atoms with Gasteiger partial charge in [-0.25, -0.2) is 19.5 Å². The second-order valence-electron chi connectivity index (χ2n) is 6.11. The summed E-state index contributed by atoms with van der Waals surface area (Å²) in [5.74, 6) is -0.559. The van der Waals surface area contributed by atoms with Crippen LogP contribution in [0.3, 0.4) is 0 Å². The van der Waals surface area contributed by atoms with Gasteiger partial charge in [-0.2, -0.15) is 5.10 Å². The van der Waals surface area contributed by atoms with Crippen molar-refractivity contribution in [3.05, 3.63) is 70.9 Å². The zero-order valence-corrected chi connectivity index (χ0v) is 15.2. The first-order valence-corrected chi connectivity index (χ1v) is 8.70. The second kappa shape index (κ2) is 6.81. The highest BCUT2D eigenvalue weighted by Gasteiger charge is 2.24. The fourth-order valence-corrected chi connectivity index (χ4v) is 3.05. The van der Waals surface area contributed by atoms with Gasteiger partial charge >= 0.3 is 5.97 Å². The predicted octanol–water partition coefficient (Wildman–Crippen LogP) is 4.52. The number of aromatic nitrogens is 2. The summed E-state index contributed by atoms with van der Waals surface area (Å²) in [6.45, 7) is 1.80. The lowest BCUT2D eigenvalue weighted by molar-refractivity contribution is -0.129. The molecule has 3 aromatic rings. The molecule has 27 heavy (non-hydrogen) atoms. The molecule has 0 spiro atoms. The van der Waals surface area contributed by atoms with Crippen LogP contribution in [0.5, 0.6) is 0 Å². The van der Waals surface area contributed by atoms with Crippen LogP contribution >= 0.6 is 11.6 Å². The number of carbonyl (C=O) groups is 1. The highest BCUT2D eigenvalue weighted by molar-refractivity contribution is 6.41. The van der Waals surface area contributed by atoms with Crippen molar-refractivity contribution in [3.63, 3.8) is 0 Å². The third-order valence-electron chi connectivity index (χ3n) is 4.25. The van der Waals surface area contributed by atoms with E-state index >= 15 is 0 Å². The number of para-hydroxylation sites is 1. The van der Waals surface area contributed by atoms with E-state index in [1.54, 1.807) is 23.7 Å². The van der Waals surface area contributed by atoms with Gasteiger partial charge in [-0.05, 0) is 36.8 Å². The Kier molecular flexibility index (Phi) is 4.33. The molecule has 0 fully saturated rings. The molecule has 7 heteroatoms. The molecule has 1 aromatic heterocycles. The SMILES string of the molecule is Cc1nn(-c2ccccc2)c2c1N=C(C(=O)O)CC(c1ccc(Cl)cc1)=N2. The maximum atomic E-state index is 11.7. The number of rotatable bonds is 3. The number of fused-ring (bicyclic) bond motifs is 1. The minimum absolute atomic E-state index is 0.0261. The molecule has 1 aliphatic heterocycles. The van der Waals surface area contributed by atoms with Crippen molar-refractivity contribution < 1.29 is 9.90 Å². The molecule has 2 aromatic carbocycles. The van der Waals surface area contributed by atoms with Crippen molar-refractivity contribution in [2.45, 2.75) is 13.3 Å². The largest absolute Gasteiger partial charge is 0.477 e. The summed E-state index contributed by atoms with van der Waals surface area (Å²) in [6, 6.07) is 16.7. The zero-order valence-electron chi connectivity index (χ0n) is 14.4. The molecule has 0 saturated heterocycles. The molecular weight excluding hydrogens is 364 g/mol. The van der Waals surface area contributed by atoms with E-state index in [-0.39, 0.29) is 12.1 Å². The summed E-state index contributed by atoms with van der Waals surface area (Å²) >= 11 is 5.98. The summed E-state index contributed by atoms with van der Waals surface area (Å²) in [7, 11) is 0. The topological polar surface area (TPSA) is 79.8 Å². The van der Waals surface area contributed by atoms with E-state index in [9.17, 15) is 9.90 Å². The lowest BCUT2D eigenvalue weighted by Crippen LogP contribution is -2.17. The number of aryl methyl sites for hydroxylation is 1. The second-order valence-corrected chi connectivity index (χ2v) is 6.55. The van der Waals surface area contributed by atoms with E-state index in [1.807, 2.05) is 42.5 Å². The first-order valence-electron chi connectivity index (χ1n) is 8.32. The molecule has 1 aliphatic rings. The van der Waals surface area contributed by atoms with Gasteiger partial charge in [-0.3, -0.25) is 0 Å². The van der Waals surface area contributed by atoms with E-state index in [4.69, 9.17) is 16.6 Å². The number of hydrogen-bond acceptors (Lipinski definition) is 4. The molecule has 0 unspecified atom stereocenters. The molecule has 0 atom stereocenters. The number of carboxylic acids is 1. The summed E-state index contributed by atoms with van der Waals surface area (Å²) in [4.78, 5) is 20.8. The molecule has 1 N–H and O–H groups in total. The van der Waals surface area contributed by atoms with E-state index in [1.165, 1.54) is 0 Å². The summed E-state index contributed by atoms with van der Waals surface area (Å²) in [5, 5.41) is 14.7. The van der Waals surface area contributed by atoms with E-state index in [0.717, 1.165) is 11.3 Å². The highest BCUT2D eigenvalue weighted by atomic mass is 35.5. The van der Waals surface area contributed by atoms with Crippen molar-refractivity contribution in [1.29, 1.82) is 0 Å². The molecule has 0 aliphatic carbocycles. The van der Waals surface area contributed by atoms with E-state index < -0.39 is 5.97 Å². The van der Waals surface area contributed by atoms with Crippen LogP contribution in [-0.2, 0) is 4.79 Å². The molecular formula is C20H15ClN4O2. The number of carboxylic acid groups (broad SMARTS) is 1. The third-order valence-corrected chi connectivity index (χ3v) is 4.50. The first-order chi connectivity index (χ1) is 13.0. The predicted molar refractivity (Wildman–Crippen MR) is 105 cm³/mol. The molecule has 134 valence electrons. The van der Waals surface area contributed by atoms with Gasteiger partial charge in [0, 0.05) is 11.4 Å². The molecule has 0 bridgehead atoms. The van der Waals surface area contributed by atoms with Gasteiger partial charge in [0.1, 0.15) is 11.4 Å². The van der Waals surface area contributed by atoms with Gasteiger partial charge in [-0.1, -0.05) is 41.9 Å². The minimum Gasteiger partial charge on any atom is -0.477 e. The minimum atomic E-state index is -1.07. The van der Waals surface area contributed by atoms with Crippen LogP contribution in [-0.4, -0.2) is 32.3 Å². The smallest absolute Gasteiger partial charge is 0.350 e. The Bertz CT molecular complexity index is 1080. The molecule has 0 amide bonds. The third kappa shape index (κ3) is 3.27. The van der Waals surface area contributed by atoms with Gasteiger partial charge < -0.3 is 5.11 Å². The van der Waals surface area contributed by atoms with Crippen molar-refractivity contribution in [2.24, 2.45) is 9.98 Å².